The molecule has 1 aromatic carbocycles. The van der Waals surface area contributed by atoms with Crippen molar-refractivity contribution in [3.8, 4) is 5.75 Å². The molecule has 170 valence electrons. The number of ketones is 1. The molecule has 2 heterocycles. The van der Waals surface area contributed by atoms with Gasteiger partial charge in [0.25, 0.3) is 5.91 Å². The number of halogens is 2. The topological polar surface area (TPSA) is 97.6 Å². The van der Waals surface area contributed by atoms with E-state index in [1.54, 1.807) is 6.92 Å². The van der Waals surface area contributed by atoms with E-state index in [-0.39, 0.29) is 35.7 Å². The highest BCUT2D eigenvalue weighted by Gasteiger charge is 2.59. The van der Waals surface area contributed by atoms with Gasteiger partial charge in [0.05, 0.1) is 17.6 Å². The highest BCUT2D eigenvalue weighted by atomic mass is 19.1. The predicted molar refractivity (Wildman–Crippen MR) is 111 cm³/mol. The summed E-state index contributed by atoms with van der Waals surface area (Å²) in [7, 11) is 1.54. The third kappa shape index (κ3) is 3.23. The first-order chi connectivity index (χ1) is 15.1. The zero-order valence-corrected chi connectivity index (χ0v) is 17.8. The Morgan fingerprint density at radius 3 is 2.66 bits per heavy atom. The van der Waals surface area contributed by atoms with Crippen LogP contribution in [0.15, 0.2) is 29.2 Å². The number of Topliss-reactive ketones (excluding diaryl/α,β-unsaturated/α-hetero) is 1. The lowest BCUT2D eigenvalue weighted by atomic mass is 9.59. The first-order valence-corrected chi connectivity index (χ1v) is 10.4. The largest absolute Gasteiger partial charge is 0.503 e. The maximum atomic E-state index is 13.8. The molecule has 0 radical (unpaired) electrons. The van der Waals surface area contributed by atoms with E-state index in [1.165, 1.54) is 23.9 Å². The number of rotatable bonds is 4. The van der Waals surface area contributed by atoms with E-state index in [2.05, 4.69) is 5.32 Å². The predicted octanol–water partition coefficient (Wildman–Crippen LogP) is 2.92. The fraction of sp³-hybridized carbons (Fsp3) is 0.435. The van der Waals surface area contributed by atoms with Crippen LogP contribution in [0.4, 0.5) is 8.78 Å². The molecule has 32 heavy (non-hydrogen) atoms. The van der Waals surface area contributed by atoms with Crippen LogP contribution in [0.2, 0.25) is 0 Å². The number of fused-ring (bicyclic) bond motifs is 2. The van der Waals surface area contributed by atoms with E-state index in [0.29, 0.717) is 18.9 Å². The number of methoxy groups -OCH3 is 1. The molecule has 2 aromatic rings. The number of nitrogens with zero attached hydrogens (tertiary/aromatic N) is 1. The van der Waals surface area contributed by atoms with Gasteiger partial charge in [-0.25, -0.2) is 8.78 Å². The van der Waals surface area contributed by atoms with Crippen LogP contribution in [0.3, 0.4) is 0 Å². The third-order valence-corrected chi connectivity index (χ3v) is 7.00. The molecule has 0 saturated heterocycles. The molecule has 2 aliphatic rings. The van der Waals surface area contributed by atoms with Gasteiger partial charge in [-0.3, -0.25) is 14.4 Å². The first kappa shape index (κ1) is 22.1. The summed E-state index contributed by atoms with van der Waals surface area (Å²) in [5, 5.41) is 13.0. The van der Waals surface area contributed by atoms with Gasteiger partial charge in [-0.15, -0.1) is 0 Å². The minimum atomic E-state index is -0.981. The van der Waals surface area contributed by atoms with Gasteiger partial charge in [0.15, 0.2) is 11.5 Å². The Labute approximate surface area is 183 Å². The Kier molecular flexibility index (Phi) is 5.40. The minimum Gasteiger partial charge on any atom is -0.503 e. The Morgan fingerprint density at radius 2 is 1.97 bits per heavy atom. The van der Waals surface area contributed by atoms with Gasteiger partial charge in [-0.2, -0.15) is 0 Å². The number of ether oxygens (including phenoxy) is 1. The molecule has 2 atom stereocenters. The minimum absolute atomic E-state index is 0.0357. The van der Waals surface area contributed by atoms with Gasteiger partial charge < -0.3 is 19.7 Å². The zero-order valence-electron chi connectivity index (χ0n) is 17.8. The van der Waals surface area contributed by atoms with Crippen LogP contribution in [0.5, 0.6) is 5.75 Å². The number of nitrogens with one attached hydrogen (secondary N) is 1. The van der Waals surface area contributed by atoms with Crippen LogP contribution >= 0.6 is 0 Å². The van der Waals surface area contributed by atoms with Crippen molar-refractivity contribution in [2.45, 2.75) is 51.3 Å². The normalized spacial score (nSPS) is 24.6. The molecular weight excluding hydrogens is 422 g/mol. The summed E-state index contributed by atoms with van der Waals surface area (Å²) >= 11 is 0. The van der Waals surface area contributed by atoms with Crippen molar-refractivity contribution in [2.24, 2.45) is 5.41 Å². The van der Waals surface area contributed by atoms with E-state index >= 15 is 0 Å². The highest BCUT2D eigenvalue weighted by molar-refractivity contribution is 6.04. The van der Waals surface area contributed by atoms with Gasteiger partial charge in [0.2, 0.25) is 5.43 Å². The van der Waals surface area contributed by atoms with Crippen molar-refractivity contribution in [3.63, 3.8) is 0 Å². The molecule has 0 bridgehead atoms. The molecule has 7 nitrogen and oxygen atoms in total. The van der Waals surface area contributed by atoms with Crippen molar-refractivity contribution in [1.82, 2.24) is 9.88 Å². The summed E-state index contributed by atoms with van der Waals surface area (Å²) < 4.78 is 34.2. The molecule has 0 spiro atoms. The molecule has 9 heteroatoms. The molecular formula is C23H24F2N2O5. The fourth-order valence-corrected chi connectivity index (χ4v) is 5.01. The lowest BCUT2D eigenvalue weighted by molar-refractivity contribution is -0.130. The molecule has 1 aromatic heterocycles. The quantitative estimate of drug-likeness (QED) is 0.753. The number of benzene rings is 1. The monoisotopic (exact) mass is 446 g/mol. The second kappa shape index (κ2) is 7.81. The van der Waals surface area contributed by atoms with Crippen molar-refractivity contribution < 1.29 is 28.2 Å². The van der Waals surface area contributed by atoms with Crippen LogP contribution in [0.1, 0.15) is 59.0 Å². The molecule has 1 saturated carbocycles. The van der Waals surface area contributed by atoms with Crippen LogP contribution in [-0.2, 0) is 17.8 Å². The SMILES string of the molecule is CO[C@]12CCCC[C@@]1(C)C(=O)c1c(O)c(=O)c(C(=O)NCc3ccc(F)cc3F)cn1C2. The molecule has 1 fully saturated rings. The number of hydrogen-bond donors (Lipinski definition) is 2. The second-order valence-electron chi connectivity index (χ2n) is 8.68. The van der Waals surface area contributed by atoms with E-state index < -0.39 is 39.7 Å². The summed E-state index contributed by atoms with van der Waals surface area (Å²) in [4.78, 5) is 38.8. The van der Waals surface area contributed by atoms with Crippen molar-refractivity contribution in [2.75, 3.05) is 7.11 Å². The molecule has 2 N–H and O–H groups in total. The van der Waals surface area contributed by atoms with Crippen molar-refractivity contribution in [1.29, 1.82) is 0 Å². The lowest BCUT2D eigenvalue weighted by Gasteiger charge is -2.53. The molecule has 1 aliphatic heterocycles. The molecule has 0 unspecified atom stereocenters. The molecule has 4 rings (SSSR count). The van der Waals surface area contributed by atoms with Gasteiger partial charge >= 0.3 is 0 Å². The van der Waals surface area contributed by atoms with Crippen molar-refractivity contribution >= 4 is 11.7 Å². The van der Waals surface area contributed by atoms with Gasteiger partial charge in [0, 0.05) is 31.5 Å². The van der Waals surface area contributed by atoms with Crippen LogP contribution in [0, 0.1) is 17.0 Å². The fourth-order valence-electron chi connectivity index (χ4n) is 5.01. The van der Waals surface area contributed by atoms with Gasteiger partial charge in [-0.05, 0) is 25.8 Å². The maximum absolute atomic E-state index is 13.8. The van der Waals surface area contributed by atoms with Gasteiger partial charge in [0.1, 0.15) is 22.9 Å². The zero-order chi connectivity index (χ0) is 23.3. The number of amides is 1. The van der Waals surface area contributed by atoms with Crippen molar-refractivity contribution in [3.05, 3.63) is 63.1 Å². The van der Waals surface area contributed by atoms with Crippen LogP contribution < -0.4 is 10.7 Å². The number of hydrogen-bond acceptors (Lipinski definition) is 5. The number of carbonyl (C=O) groups is 2. The smallest absolute Gasteiger partial charge is 0.257 e. The summed E-state index contributed by atoms with van der Waals surface area (Å²) in [5.74, 6) is -3.60. The van der Waals surface area contributed by atoms with E-state index in [9.17, 15) is 28.3 Å². The number of aromatic nitrogens is 1. The van der Waals surface area contributed by atoms with E-state index in [1.807, 2.05) is 0 Å². The Hall–Kier alpha value is -3.07. The Balaban J connectivity index is 1.70. The van der Waals surface area contributed by atoms with Crippen LogP contribution in [-0.4, -0.2) is 34.1 Å². The average Bonchev–Trinajstić information content (AvgIpc) is 2.76. The standard InChI is InChI=1S/C23H24F2N2O5/c1-22-7-3-4-8-23(22,32-2)12-27-11-15(18(28)19(29)17(27)20(22)30)21(31)26-10-13-5-6-14(24)9-16(13)25/h5-6,9,11,29H,3-4,7-8,10,12H2,1-2H3,(H,26,31)/t22-,23-/m0/s1. The number of aromatic hydroxyl groups is 1. The Morgan fingerprint density at radius 1 is 1.25 bits per heavy atom. The molecule has 1 amide bonds. The Bertz CT molecular complexity index is 1180. The summed E-state index contributed by atoms with van der Waals surface area (Å²) in [6.07, 6.45) is 4.14. The summed E-state index contributed by atoms with van der Waals surface area (Å²) in [6, 6.07) is 2.94. The lowest BCUT2D eigenvalue weighted by Crippen LogP contribution is -2.61. The first-order valence-electron chi connectivity index (χ1n) is 10.4. The summed E-state index contributed by atoms with van der Waals surface area (Å²) in [6.45, 7) is 1.71. The maximum Gasteiger partial charge on any atom is 0.257 e. The van der Waals surface area contributed by atoms with E-state index in [0.717, 1.165) is 18.9 Å². The van der Waals surface area contributed by atoms with Gasteiger partial charge in [-0.1, -0.05) is 18.9 Å². The summed E-state index contributed by atoms with van der Waals surface area (Å²) in [5.41, 5.74) is -3.17. The number of pyridine rings is 1. The number of carbonyl (C=O) groups excluding carboxylic acids is 2. The van der Waals surface area contributed by atoms with Crippen LogP contribution in [0.25, 0.3) is 0 Å². The third-order valence-electron chi connectivity index (χ3n) is 7.00. The second-order valence-corrected chi connectivity index (χ2v) is 8.68. The average molecular weight is 446 g/mol. The van der Waals surface area contributed by atoms with E-state index in [4.69, 9.17) is 4.74 Å². The highest BCUT2D eigenvalue weighted by Crippen LogP contribution is 2.52. The molecule has 1 aliphatic carbocycles.